The molecule has 0 bridgehead atoms. The molecule has 0 heterocycles. The smallest absolute Gasteiger partial charge is 0.118 e. The summed E-state index contributed by atoms with van der Waals surface area (Å²) in [7, 11) is 1.62. The van der Waals surface area contributed by atoms with Crippen molar-refractivity contribution in [3.8, 4) is 5.75 Å². The molecule has 4 heteroatoms. The van der Waals surface area contributed by atoms with E-state index in [0.717, 1.165) is 11.3 Å². The first-order chi connectivity index (χ1) is 6.77. The molecule has 0 atom stereocenters. The van der Waals surface area contributed by atoms with Gasteiger partial charge in [-0.3, -0.25) is 0 Å². The van der Waals surface area contributed by atoms with Crippen molar-refractivity contribution in [2.75, 3.05) is 20.3 Å². The van der Waals surface area contributed by atoms with Crippen LogP contribution in [-0.4, -0.2) is 30.4 Å². The maximum absolute atomic E-state index is 8.60. The molecular formula is C10H13NO2S. The Kier molecular flexibility index (Phi) is 4.35. The Hall–Kier alpha value is -1.13. The number of aliphatic hydroxyl groups is 1. The highest BCUT2D eigenvalue weighted by Gasteiger charge is 1.99. The highest BCUT2D eigenvalue weighted by Crippen LogP contribution is 2.11. The zero-order valence-corrected chi connectivity index (χ0v) is 8.80. The summed E-state index contributed by atoms with van der Waals surface area (Å²) < 4.78 is 5.03. The van der Waals surface area contributed by atoms with E-state index in [0.29, 0.717) is 11.5 Å². The van der Waals surface area contributed by atoms with E-state index in [1.54, 1.807) is 7.11 Å². The van der Waals surface area contributed by atoms with Crippen molar-refractivity contribution < 1.29 is 9.84 Å². The largest absolute Gasteiger partial charge is 0.497 e. The molecule has 1 rings (SSSR count). The summed E-state index contributed by atoms with van der Waals surface area (Å²) in [6.07, 6.45) is 0. The summed E-state index contributed by atoms with van der Waals surface area (Å²) in [5.74, 6) is 0.804. The van der Waals surface area contributed by atoms with E-state index in [1.807, 2.05) is 24.3 Å². The van der Waals surface area contributed by atoms with Crippen LogP contribution in [0.3, 0.4) is 0 Å². The van der Waals surface area contributed by atoms with Crippen LogP contribution >= 0.6 is 12.2 Å². The standard InChI is InChI=1S/C10H13NO2S/c1-13-9-4-2-8(3-5-9)10(14)11-6-7-12/h2-5,12H,6-7H2,1H3,(H,11,14). The minimum absolute atomic E-state index is 0.0797. The molecule has 0 saturated heterocycles. The van der Waals surface area contributed by atoms with Gasteiger partial charge in [-0.05, 0) is 24.3 Å². The Morgan fingerprint density at radius 3 is 2.57 bits per heavy atom. The predicted octanol–water partition coefficient (Wildman–Crippen LogP) is 0.953. The summed E-state index contributed by atoms with van der Waals surface area (Å²) >= 11 is 5.10. The number of aliphatic hydroxyl groups excluding tert-OH is 1. The number of hydrogen-bond donors (Lipinski definition) is 2. The Labute approximate surface area is 88.7 Å². The summed E-state index contributed by atoms with van der Waals surface area (Å²) in [5.41, 5.74) is 0.925. The summed E-state index contributed by atoms with van der Waals surface area (Å²) in [4.78, 5) is 0.640. The number of thiocarbonyl (C=S) groups is 1. The van der Waals surface area contributed by atoms with Crippen LogP contribution in [0.5, 0.6) is 5.75 Å². The average Bonchev–Trinajstić information content (AvgIpc) is 2.26. The van der Waals surface area contributed by atoms with Crippen LogP contribution < -0.4 is 10.1 Å². The normalized spacial score (nSPS) is 9.57. The van der Waals surface area contributed by atoms with Crippen molar-refractivity contribution in [3.05, 3.63) is 29.8 Å². The van der Waals surface area contributed by atoms with E-state index in [4.69, 9.17) is 22.1 Å². The zero-order chi connectivity index (χ0) is 10.4. The number of ether oxygens (including phenoxy) is 1. The molecule has 0 aliphatic carbocycles. The lowest BCUT2D eigenvalue weighted by Crippen LogP contribution is -2.25. The molecule has 0 amide bonds. The minimum Gasteiger partial charge on any atom is -0.497 e. The Morgan fingerprint density at radius 1 is 1.43 bits per heavy atom. The van der Waals surface area contributed by atoms with Gasteiger partial charge in [0.15, 0.2) is 0 Å². The molecule has 2 N–H and O–H groups in total. The zero-order valence-electron chi connectivity index (χ0n) is 7.99. The Balaban J connectivity index is 2.62. The molecule has 76 valence electrons. The summed E-state index contributed by atoms with van der Waals surface area (Å²) in [6, 6.07) is 7.46. The number of rotatable bonds is 4. The highest BCUT2D eigenvalue weighted by molar-refractivity contribution is 7.80. The van der Waals surface area contributed by atoms with Crippen LogP contribution in [-0.2, 0) is 0 Å². The number of hydrogen-bond acceptors (Lipinski definition) is 3. The monoisotopic (exact) mass is 211 g/mol. The molecule has 0 spiro atoms. The van der Waals surface area contributed by atoms with Gasteiger partial charge in [-0.25, -0.2) is 0 Å². The fourth-order valence-corrected chi connectivity index (χ4v) is 1.25. The second kappa shape index (κ2) is 5.57. The fourth-order valence-electron chi connectivity index (χ4n) is 1.01. The first-order valence-electron chi connectivity index (χ1n) is 4.31. The second-order valence-corrected chi connectivity index (χ2v) is 3.12. The third kappa shape index (κ3) is 2.97. The molecule has 0 fully saturated rings. The van der Waals surface area contributed by atoms with Crippen LogP contribution in [0, 0.1) is 0 Å². The van der Waals surface area contributed by atoms with Crippen LogP contribution in [0.15, 0.2) is 24.3 Å². The van der Waals surface area contributed by atoms with Gasteiger partial charge in [0.1, 0.15) is 10.7 Å². The molecule has 0 unspecified atom stereocenters. The van der Waals surface area contributed by atoms with Crippen molar-refractivity contribution in [2.24, 2.45) is 0 Å². The van der Waals surface area contributed by atoms with Crippen LogP contribution in [0.2, 0.25) is 0 Å². The van der Waals surface area contributed by atoms with E-state index in [2.05, 4.69) is 5.32 Å². The first kappa shape index (κ1) is 10.9. The second-order valence-electron chi connectivity index (χ2n) is 2.71. The lowest BCUT2D eigenvalue weighted by molar-refractivity contribution is 0.301. The van der Waals surface area contributed by atoms with Gasteiger partial charge in [0.25, 0.3) is 0 Å². The quantitative estimate of drug-likeness (QED) is 0.728. The maximum Gasteiger partial charge on any atom is 0.118 e. The molecule has 0 aliphatic heterocycles. The minimum atomic E-state index is 0.0797. The lowest BCUT2D eigenvalue weighted by atomic mass is 10.2. The van der Waals surface area contributed by atoms with Gasteiger partial charge in [-0.15, -0.1) is 0 Å². The topological polar surface area (TPSA) is 41.5 Å². The first-order valence-corrected chi connectivity index (χ1v) is 4.72. The van der Waals surface area contributed by atoms with Crippen molar-refractivity contribution in [3.63, 3.8) is 0 Å². The highest BCUT2D eigenvalue weighted by atomic mass is 32.1. The summed E-state index contributed by atoms with van der Waals surface area (Å²) in [5, 5.41) is 11.5. The van der Waals surface area contributed by atoms with Gasteiger partial charge in [0.05, 0.1) is 13.7 Å². The van der Waals surface area contributed by atoms with Crippen molar-refractivity contribution >= 4 is 17.2 Å². The van der Waals surface area contributed by atoms with E-state index in [1.165, 1.54) is 0 Å². The number of nitrogens with one attached hydrogen (secondary N) is 1. The van der Waals surface area contributed by atoms with Crippen molar-refractivity contribution in [1.29, 1.82) is 0 Å². The van der Waals surface area contributed by atoms with E-state index in [-0.39, 0.29) is 6.61 Å². The Morgan fingerprint density at radius 2 is 2.07 bits per heavy atom. The number of methoxy groups -OCH3 is 1. The lowest BCUT2D eigenvalue weighted by Gasteiger charge is -2.06. The van der Waals surface area contributed by atoms with Gasteiger partial charge < -0.3 is 15.2 Å². The number of benzene rings is 1. The van der Waals surface area contributed by atoms with Gasteiger partial charge in [-0.1, -0.05) is 12.2 Å². The average molecular weight is 211 g/mol. The van der Waals surface area contributed by atoms with Gasteiger partial charge in [0, 0.05) is 12.1 Å². The van der Waals surface area contributed by atoms with Crippen molar-refractivity contribution in [1.82, 2.24) is 5.32 Å². The summed E-state index contributed by atoms with van der Waals surface area (Å²) in [6.45, 7) is 0.557. The van der Waals surface area contributed by atoms with E-state index < -0.39 is 0 Å². The van der Waals surface area contributed by atoms with Gasteiger partial charge in [0.2, 0.25) is 0 Å². The van der Waals surface area contributed by atoms with Crippen LogP contribution in [0.25, 0.3) is 0 Å². The van der Waals surface area contributed by atoms with Crippen LogP contribution in [0.1, 0.15) is 5.56 Å². The molecule has 0 aromatic heterocycles. The fraction of sp³-hybridized carbons (Fsp3) is 0.300. The van der Waals surface area contributed by atoms with Gasteiger partial charge in [-0.2, -0.15) is 0 Å². The molecule has 0 saturated carbocycles. The maximum atomic E-state index is 8.60. The SMILES string of the molecule is COc1ccc(C(=S)NCCO)cc1. The molecule has 1 aromatic rings. The molecule has 0 radical (unpaired) electrons. The third-order valence-corrected chi connectivity index (χ3v) is 2.13. The molecule has 0 aliphatic rings. The third-order valence-electron chi connectivity index (χ3n) is 1.75. The molecule has 14 heavy (non-hydrogen) atoms. The van der Waals surface area contributed by atoms with Crippen molar-refractivity contribution in [2.45, 2.75) is 0 Å². The van der Waals surface area contributed by atoms with Crippen LogP contribution in [0.4, 0.5) is 0 Å². The van der Waals surface area contributed by atoms with E-state index in [9.17, 15) is 0 Å². The predicted molar refractivity (Wildman–Crippen MR) is 59.8 cm³/mol. The van der Waals surface area contributed by atoms with E-state index >= 15 is 0 Å². The molecule has 1 aromatic carbocycles. The van der Waals surface area contributed by atoms with Gasteiger partial charge >= 0.3 is 0 Å². The molecular weight excluding hydrogens is 198 g/mol. The molecule has 3 nitrogen and oxygen atoms in total. The Bertz CT molecular complexity index is 297.